The smallest absolute Gasteiger partial charge is 0.213 e. The Morgan fingerprint density at radius 2 is 1.90 bits per heavy atom. The number of nitrogens with one attached hydrogen (secondary N) is 1. The van der Waals surface area contributed by atoms with Crippen LogP contribution in [0.3, 0.4) is 0 Å². The first-order valence-electron chi connectivity index (χ1n) is 5.95. The van der Waals surface area contributed by atoms with Crippen LogP contribution in [0.4, 0.5) is 5.69 Å². The molecule has 0 saturated carbocycles. The van der Waals surface area contributed by atoms with Gasteiger partial charge in [-0.15, -0.1) is 11.3 Å². The highest BCUT2D eigenvalue weighted by Crippen LogP contribution is 2.29. The van der Waals surface area contributed by atoms with Crippen molar-refractivity contribution in [3.63, 3.8) is 0 Å². The van der Waals surface area contributed by atoms with Crippen molar-refractivity contribution in [2.45, 2.75) is 18.7 Å². The molecule has 1 atom stereocenters. The number of rotatable bonds is 5. The molecule has 2 rings (SSSR count). The number of benzene rings is 1. The molecule has 0 saturated heterocycles. The third-order valence-electron chi connectivity index (χ3n) is 2.73. The Morgan fingerprint density at radius 1 is 1.25 bits per heavy atom. The first-order chi connectivity index (χ1) is 9.33. The summed E-state index contributed by atoms with van der Waals surface area (Å²) in [5, 5.41) is 8.34. The van der Waals surface area contributed by atoms with E-state index in [1.54, 1.807) is 12.1 Å². The van der Waals surface area contributed by atoms with E-state index in [9.17, 15) is 8.42 Å². The maximum absolute atomic E-state index is 11.0. The van der Waals surface area contributed by atoms with Crippen molar-refractivity contribution in [1.29, 1.82) is 0 Å². The largest absolute Gasteiger partial charge is 0.378 e. The first kappa shape index (κ1) is 15.3. The molecule has 0 fully saturated rings. The molecule has 0 spiro atoms. The van der Waals surface area contributed by atoms with Gasteiger partial charge >= 0.3 is 0 Å². The molecule has 2 aromatic rings. The lowest BCUT2D eigenvalue weighted by Crippen LogP contribution is -2.14. The lowest BCUT2D eigenvalue weighted by Gasteiger charge is -2.14. The van der Waals surface area contributed by atoms with Crippen LogP contribution in [0.15, 0.2) is 36.4 Å². The molecular weight excluding hydrogens is 316 g/mol. The Morgan fingerprint density at radius 3 is 2.40 bits per heavy atom. The summed E-state index contributed by atoms with van der Waals surface area (Å²) < 4.78 is 22.8. The maximum atomic E-state index is 11.0. The van der Waals surface area contributed by atoms with Gasteiger partial charge in [0.1, 0.15) is 0 Å². The van der Waals surface area contributed by atoms with E-state index >= 15 is 0 Å². The minimum Gasteiger partial charge on any atom is -0.378 e. The zero-order valence-corrected chi connectivity index (χ0v) is 13.2. The Hall–Kier alpha value is -1.08. The van der Waals surface area contributed by atoms with Crippen LogP contribution in [0.2, 0.25) is 4.34 Å². The van der Waals surface area contributed by atoms with Crippen LogP contribution in [0.5, 0.6) is 0 Å². The van der Waals surface area contributed by atoms with Gasteiger partial charge in [0.2, 0.25) is 10.0 Å². The molecule has 1 heterocycles. The third-order valence-corrected chi connectivity index (χ3v) is 4.88. The monoisotopic (exact) mass is 330 g/mol. The van der Waals surface area contributed by atoms with Crippen molar-refractivity contribution < 1.29 is 8.42 Å². The predicted octanol–water partition coefficient (Wildman–Crippen LogP) is 3.36. The zero-order valence-electron chi connectivity index (χ0n) is 10.8. The third kappa shape index (κ3) is 4.49. The lowest BCUT2D eigenvalue weighted by atomic mass is 10.2. The van der Waals surface area contributed by atoms with E-state index < -0.39 is 10.0 Å². The van der Waals surface area contributed by atoms with E-state index in [0.29, 0.717) is 5.56 Å². The molecule has 0 aliphatic heterocycles. The second-order valence-corrected chi connectivity index (χ2v) is 7.87. The van der Waals surface area contributed by atoms with Gasteiger partial charge in [-0.2, -0.15) is 0 Å². The number of hydrogen-bond donors (Lipinski definition) is 2. The summed E-state index contributed by atoms with van der Waals surface area (Å²) in [5.74, 6) is -0.149. The summed E-state index contributed by atoms with van der Waals surface area (Å²) in [4.78, 5) is 1.14. The normalized spacial score (nSPS) is 13.2. The fourth-order valence-electron chi connectivity index (χ4n) is 1.81. The Kier molecular flexibility index (Phi) is 4.70. The highest BCUT2D eigenvalue weighted by atomic mass is 35.5. The first-order valence-corrected chi connectivity index (χ1v) is 8.86. The van der Waals surface area contributed by atoms with Gasteiger partial charge in [0.15, 0.2) is 0 Å². The van der Waals surface area contributed by atoms with Crippen LogP contribution in [0.1, 0.15) is 23.4 Å². The van der Waals surface area contributed by atoms with Gasteiger partial charge in [0, 0.05) is 10.6 Å². The Balaban J connectivity index is 2.03. The van der Waals surface area contributed by atoms with Gasteiger partial charge in [-0.3, -0.25) is 0 Å². The lowest BCUT2D eigenvalue weighted by molar-refractivity contribution is 0.597. The molecule has 7 heteroatoms. The van der Waals surface area contributed by atoms with Gasteiger partial charge < -0.3 is 5.32 Å². The Labute approximate surface area is 127 Å². The van der Waals surface area contributed by atoms with Crippen molar-refractivity contribution in [3.05, 3.63) is 51.2 Å². The molecule has 0 radical (unpaired) electrons. The average molecular weight is 331 g/mol. The molecule has 1 unspecified atom stereocenters. The van der Waals surface area contributed by atoms with Gasteiger partial charge in [-0.25, -0.2) is 13.6 Å². The number of nitrogens with two attached hydrogens (primary N) is 1. The van der Waals surface area contributed by atoms with Crippen LogP contribution < -0.4 is 10.5 Å². The molecule has 0 amide bonds. The quantitative estimate of drug-likeness (QED) is 0.882. The van der Waals surface area contributed by atoms with E-state index in [4.69, 9.17) is 16.7 Å². The molecule has 108 valence electrons. The van der Waals surface area contributed by atoms with Crippen LogP contribution >= 0.6 is 22.9 Å². The number of anilines is 1. The van der Waals surface area contributed by atoms with E-state index in [2.05, 4.69) is 5.32 Å². The molecule has 1 aromatic carbocycles. The van der Waals surface area contributed by atoms with Crippen LogP contribution in [-0.4, -0.2) is 8.42 Å². The highest BCUT2D eigenvalue weighted by molar-refractivity contribution is 7.88. The second kappa shape index (κ2) is 6.13. The fourth-order valence-corrected chi connectivity index (χ4v) is 3.53. The van der Waals surface area contributed by atoms with Gasteiger partial charge in [-0.1, -0.05) is 23.7 Å². The summed E-state index contributed by atoms with van der Waals surface area (Å²) in [6, 6.07) is 11.2. The highest BCUT2D eigenvalue weighted by Gasteiger charge is 2.09. The average Bonchev–Trinajstić information content (AvgIpc) is 2.77. The minimum atomic E-state index is -3.49. The molecule has 0 aliphatic carbocycles. The van der Waals surface area contributed by atoms with Crippen molar-refractivity contribution in [2.75, 3.05) is 5.32 Å². The van der Waals surface area contributed by atoms with E-state index in [1.807, 2.05) is 31.2 Å². The number of thiophene rings is 1. The predicted molar refractivity (Wildman–Crippen MR) is 84.6 cm³/mol. The van der Waals surface area contributed by atoms with E-state index in [0.717, 1.165) is 14.9 Å². The Bertz CT molecular complexity index is 681. The summed E-state index contributed by atoms with van der Waals surface area (Å²) in [6.45, 7) is 2.04. The topological polar surface area (TPSA) is 72.2 Å². The molecule has 3 N–H and O–H groups in total. The molecule has 0 aliphatic rings. The van der Waals surface area contributed by atoms with E-state index in [1.165, 1.54) is 11.3 Å². The summed E-state index contributed by atoms with van der Waals surface area (Å²) in [5.41, 5.74) is 1.59. The standard InChI is InChI=1S/C13H15ClN2O2S2/c1-9(12-6-7-13(14)19-12)16-11-4-2-10(3-5-11)8-20(15,17)18/h2-7,9,16H,8H2,1H3,(H2,15,17,18). The summed E-state index contributed by atoms with van der Waals surface area (Å²) in [6.07, 6.45) is 0. The molecular formula is C13H15ClN2O2S2. The van der Waals surface area contributed by atoms with Gasteiger partial charge in [-0.05, 0) is 36.8 Å². The van der Waals surface area contributed by atoms with Crippen molar-refractivity contribution in [1.82, 2.24) is 0 Å². The number of halogens is 1. The number of hydrogen-bond acceptors (Lipinski definition) is 4. The zero-order chi connectivity index (χ0) is 14.8. The van der Waals surface area contributed by atoms with Crippen LogP contribution in [0, 0.1) is 0 Å². The number of primary sulfonamides is 1. The van der Waals surface area contributed by atoms with Gasteiger partial charge in [0.05, 0.1) is 16.1 Å². The second-order valence-electron chi connectivity index (χ2n) is 4.51. The molecule has 4 nitrogen and oxygen atoms in total. The van der Waals surface area contributed by atoms with E-state index in [-0.39, 0.29) is 11.8 Å². The molecule has 1 aromatic heterocycles. The summed E-state index contributed by atoms with van der Waals surface area (Å²) >= 11 is 7.44. The molecule has 20 heavy (non-hydrogen) atoms. The van der Waals surface area contributed by atoms with Crippen molar-refractivity contribution in [2.24, 2.45) is 5.14 Å². The fraction of sp³-hybridized carbons (Fsp3) is 0.231. The van der Waals surface area contributed by atoms with Gasteiger partial charge in [0.25, 0.3) is 0 Å². The summed E-state index contributed by atoms with van der Waals surface area (Å²) in [7, 11) is -3.49. The molecule has 0 bridgehead atoms. The number of sulfonamides is 1. The van der Waals surface area contributed by atoms with Crippen molar-refractivity contribution in [3.8, 4) is 0 Å². The van der Waals surface area contributed by atoms with Crippen molar-refractivity contribution >= 4 is 38.6 Å². The minimum absolute atomic E-state index is 0.136. The van der Waals surface area contributed by atoms with Crippen LogP contribution in [-0.2, 0) is 15.8 Å². The SMILES string of the molecule is CC(Nc1ccc(CS(N)(=O)=O)cc1)c1ccc(Cl)s1. The van der Waals surface area contributed by atoms with Crippen LogP contribution in [0.25, 0.3) is 0 Å². The maximum Gasteiger partial charge on any atom is 0.213 e.